The molecule has 0 atom stereocenters. The van der Waals surface area contributed by atoms with Crippen molar-refractivity contribution in [2.75, 3.05) is 0 Å². The van der Waals surface area contributed by atoms with Crippen LogP contribution in [0.3, 0.4) is 0 Å². The Morgan fingerprint density at radius 3 is 1.60 bits per heavy atom. The Kier molecular flexibility index (Phi) is 10.2. The van der Waals surface area contributed by atoms with Crippen molar-refractivity contribution in [3.05, 3.63) is 0 Å². The van der Waals surface area contributed by atoms with E-state index in [1.807, 2.05) is 0 Å². The van der Waals surface area contributed by atoms with Crippen LogP contribution in [-0.4, -0.2) is 60.8 Å². The van der Waals surface area contributed by atoms with Crippen LogP contribution in [-0.2, 0) is 0 Å². The van der Waals surface area contributed by atoms with Gasteiger partial charge < -0.3 is 0 Å². The first kappa shape index (κ1) is 7.68. The van der Waals surface area contributed by atoms with Gasteiger partial charge in [-0.05, 0) is 0 Å². The van der Waals surface area contributed by atoms with E-state index in [1.165, 1.54) is 0 Å². The van der Waals surface area contributed by atoms with Gasteiger partial charge in [-0.1, -0.05) is 0 Å². The Labute approximate surface area is 59.7 Å². The minimum atomic E-state index is 0.664. The number of hydrogen-bond donors (Lipinski definition) is 0. The molecular formula is As2Se3. The molecule has 0 fully saturated rings. The van der Waals surface area contributed by atoms with Gasteiger partial charge in [-0.3, -0.25) is 0 Å². The van der Waals surface area contributed by atoms with Crippen molar-refractivity contribution in [1.29, 1.82) is 0 Å². The summed E-state index contributed by atoms with van der Waals surface area (Å²) >= 11 is 7.47. The Bertz CT molecular complexity index is 34.2. The van der Waals surface area contributed by atoms with Gasteiger partial charge in [0.2, 0.25) is 0 Å². The standard InChI is InChI=1S/As2Se3/c3-1-5-2-4. The molecule has 0 aromatic rings. The zero-order chi connectivity index (χ0) is 4.12. The zero-order valence-corrected chi connectivity index (χ0v) is 11.0. The summed E-state index contributed by atoms with van der Waals surface area (Å²) in [5.74, 6) is 0. The van der Waals surface area contributed by atoms with E-state index in [1.54, 1.807) is 0 Å². The van der Waals surface area contributed by atoms with Crippen LogP contribution in [0.2, 0.25) is 0 Å². The van der Waals surface area contributed by atoms with Gasteiger partial charge in [0.15, 0.2) is 0 Å². The molecule has 0 unspecified atom stereocenters. The van der Waals surface area contributed by atoms with Gasteiger partial charge in [-0.25, -0.2) is 0 Å². The fraction of sp³-hybridized carbons (Fsp3) is 0. The average Bonchev–Trinajstić information content (AvgIpc) is 1.41. The van der Waals surface area contributed by atoms with E-state index < -0.39 is 0 Å². The van der Waals surface area contributed by atoms with Crippen LogP contribution in [0.1, 0.15) is 0 Å². The summed E-state index contributed by atoms with van der Waals surface area (Å²) in [6.45, 7) is 0. The quantitative estimate of drug-likeness (QED) is 0.486. The van der Waals surface area contributed by atoms with Crippen LogP contribution in [0.15, 0.2) is 0 Å². The molecule has 0 N–H and O–H groups in total. The maximum absolute atomic E-state index is 3.07. The van der Waals surface area contributed by atoms with Crippen LogP contribution in [0.5, 0.6) is 0 Å². The second-order valence-electron chi connectivity index (χ2n) is 0.231. The molecule has 0 spiro atoms. The van der Waals surface area contributed by atoms with E-state index in [0.29, 0.717) is 22.9 Å². The summed E-state index contributed by atoms with van der Waals surface area (Å²) < 4.78 is 0. The van der Waals surface area contributed by atoms with Crippen molar-refractivity contribution in [3.8, 4) is 0 Å². The summed E-state index contributed by atoms with van der Waals surface area (Å²) in [5, 5.41) is 0. The van der Waals surface area contributed by atoms with Crippen molar-refractivity contribution in [3.63, 3.8) is 0 Å². The van der Waals surface area contributed by atoms with Crippen LogP contribution in [0.4, 0.5) is 0 Å². The van der Waals surface area contributed by atoms with Crippen LogP contribution in [0.25, 0.3) is 0 Å². The Hall–Kier alpha value is 2.68. The van der Waals surface area contributed by atoms with Gasteiger partial charge in [-0.2, -0.15) is 0 Å². The van der Waals surface area contributed by atoms with E-state index >= 15 is 0 Å². The third-order valence-electron chi connectivity index (χ3n) is 0.0667. The van der Waals surface area contributed by atoms with Crippen LogP contribution >= 0.6 is 0 Å². The second kappa shape index (κ2) is 6.68. The van der Waals surface area contributed by atoms with Crippen molar-refractivity contribution >= 4 is 60.8 Å². The summed E-state index contributed by atoms with van der Waals surface area (Å²) in [4.78, 5) is 0. The first-order valence-corrected chi connectivity index (χ1v) is 19.7. The summed E-state index contributed by atoms with van der Waals surface area (Å²) in [6.07, 6.45) is 0. The minimum absolute atomic E-state index is 0.664. The maximum atomic E-state index is 3.07. The fourth-order valence-corrected chi connectivity index (χ4v) is 51.5. The molecule has 5 heteroatoms. The van der Waals surface area contributed by atoms with Gasteiger partial charge in [0.1, 0.15) is 0 Å². The topological polar surface area (TPSA) is 0 Å². The SMILES string of the molecule is [Se]=[As][Se][As]=[Se]. The first-order chi connectivity index (χ1) is 2.41. The van der Waals surface area contributed by atoms with E-state index in [-0.39, 0.29) is 0 Å². The summed E-state index contributed by atoms with van der Waals surface area (Å²) in [6, 6.07) is 0. The van der Waals surface area contributed by atoms with E-state index in [4.69, 9.17) is 0 Å². The predicted molar refractivity (Wildman–Crippen MR) is 28.8 cm³/mol. The molecule has 28 valence electrons. The molecule has 5 heavy (non-hydrogen) atoms. The van der Waals surface area contributed by atoms with Crippen molar-refractivity contribution in [2.24, 2.45) is 0 Å². The monoisotopic (exact) mass is 390 g/mol. The molecular weight excluding hydrogens is 387 g/mol. The van der Waals surface area contributed by atoms with Gasteiger partial charge in [0.25, 0.3) is 0 Å². The Balaban J connectivity index is 2.65. The van der Waals surface area contributed by atoms with Gasteiger partial charge >= 0.3 is 60.8 Å². The molecule has 0 aromatic heterocycles. The molecule has 0 saturated heterocycles. The van der Waals surface area contributed by atoms with Crippen molar-refractivity contribution in [2.45, 2.75) is 0 Å². The molecule has 0 amide bonds. The third-order valence-corrected chi connectivity index (χ3v) is 48.6. The summed E-state index contributed by atoms with van der Waals surface area (Å²) in [7, 11) is 1.03. The summed E-state index contributed by atoms with van der Waals surface area (Å²) in [5.41, 5.74) is 0. The normalized spacial score (nSPS) is 9.60. The molecule has 0 aromatic carbocycles. The van der Waals surface area contributed by atoms with Crippen LogP contribution in [0, 0.1) is 0 Å². The average molecular weight is 387 g/mol. The van der Waals surface area contributed by atoms with E-state index in [2.05, 4.69) is 26.9 Å². The van der Waals surface area contributed by atoms with E-state index in [9.17, 15) is 0 Å². The van der Waals surface area contributed by atoms with Crippen LogP contribution < -0.4 is 0 Å². The molecule has 0 heterocycles. The van der Waals surface area contributed by atoms with Crippen molar-refractivity contribution in [1.82, 2.24) is 0 Å². The molecule has 0 bridgehead atoms. The van der Waals surface area contributed by atoms with E-state index in [0.717, 1.165) is 10.9 Å². The molecule has 0 radical (unpaired) electrons. The Morgan fingerprint density at radius 2 is 1.60 bits per heavy atom. The van der Waals surface area contributed by atoms with Gasteiger partial charge in [0, 0.05) is 0 Å². The third kappa shape index (κ3) is 6.68. The zero-order valence-electron chi connectivity index (χ0n) is 2.12. The van der Waals surface area contributed by atoms with Gasteiger partial charge in [0.05, 0.1) is 0 Å². The fourth-order valence-electron chi connectivity index (χ4n) is 0.0136. The Morgan fingerprint density at radius 1 is 1.20 bits per heavy atom. The number of hydrogen-bond acceptors (Lipinski definition) is 0. The first-order valence-electron chi connectivity index (χ1n) is 0.730. The molecule has 0 saturated carbocycles. The molecule has 0 aliphatic heterocycles. The molecule has 0 aliphatic rings. The molecule has 0 rings (SSSR count). The second-order valence-corrected chi connectivity index (χ2v) is 32.4. The van der Waals surface area contributed by atoms with Gasteiger partial charge in [-0.15, -0.1) is 0 Å². The van der Waals surface area contributed by atoms with Crippen molar-refractivity contribution < 1.29 is 0 Å². The predicted octanol–water partition coefficient (Wildman–Crippen LogP) is -1.90. The molecule has 0 nitrogen and oxygen atoms in total. The molecule has 0 aliphatic carbocycles. The number of rotatable bonds is 2.